The minimum absolute atomic E-state index is 0.298. The number of rotatable bonds is 3. The van der Waals surface area contributed by atoms with E-state index in [9.17, 15) is 9.18 Å². The molecule has 1 N–H and O–H groups in total. The predicted octanol–water partition coefficient (Wildman–Crippen LogP) is 3.44. The first kappa shape index (κ1) is 13.9. The number of nitrogens with zero attached hydrogens (tertiary/aromatic N) is 2. The van der Waals surface area contributed by atoms with E-state index in [2.05, 4.69) is 15.5 Å². The van der Waals surface area contributed by atoms with Crippen LogP contribution >= 0.6 is 0 Å². The fourth-order valence-electron chi connectivity index (χ4n) is 1.95. The summed E-state index contributed by atoms with van der Waals surface area (Å²) in [4.78, 5) is 16.3. The molecule has 0 spiro atoms. The molecular formula is C16H12FN3O2. The van der Waals surface area contributed by atoms with Gasteiger partial charge in [0.2, 0.25) is 11.7 Å². The van der Waals surface area contributed by atoms with E-state index in [1.165, 1.54) is 24.3 Å². The maximum atomic E-state index is 12.9. The van der Waals surface area contributed by atoms with Crippen LogP contribution < -0.4 is 5.32 Å². The van der Waals surface area contributed by atoms with Gasteiger partial charge in [-0.2, -0.15) is 4.98 Å². The Balaban J connectivity index is 1.82. The quantitative estimate of drug-likeness (QED) is 0.804. The van der Waals surface area contributed by atoms with Crippen LogP contribution in [0.3, 0.4) is 0 Å². The Kier molecular flexibility index (Phi) is 3.65. The lowest BCUT2D eigenvalue weighted by atomic mass is 10.1. The zero-order chi connectivity index (χ0) is 15.5. The molecule has 5 nitrogen and oxygen atoms in total. The Morgan fingerprint density at radius 1 is 1.18 bits per heavy atom. The van der Waals surface area contributed by atoms with Crippen LogP contribution in [0.1, 0.15) is 16.2 Å². The van der Waals surface area contributed by atoms with Gasteiger partial charge in [-0.1, -0.05) is 17.3 Å². The maximum Gasteiger partial charge on any atom is 0.255 e. The second-order valence-corrected chi connectivity index (χ2v) is 4.68. The number of carbonyl (C=O) groups is 1. The van der Waals surface area contributed by atoms with Gasteiger partial charge in [-0.25, -0.2) is 4.39 Å². The number of halogens is 1. The third-order valence-corrected chi connectivity index (χ3v) is 3.01. The number of hydrogen-bond donors (Lipinski definition) is 1. The number of aryl methyl sites for hydroxylation is 1. The second kappa shape index (κ2) is 5.77. The van der Waals surface area contributed by atoms with Crippen LogP contribution in [0.2, 0.25) is 0 Å². The average molecular weight is 297 g/mol. The van der Waals surface area contributed by atoms with E-state index in [4.69, 9.17) is 4.52 Å². The van der Waals surface area contributed by atoms with Gasteiger partial charge in [-0.05, 0) is 36.4 Å². The standard InChI is InChI=1S/C16H12FN3O2/c1-10-18-15(20-22-10)11-3-2-4-12(9-11)16(21)19-14-7-5-13(17)6-8-14/h2-9H,1H3,(H,19,21). The highest BCUT2D eigenvalue weighted by atomic mass is 19.1. The van der Waals surface area contributed by atoms with E-state index in [-0.39, 0.29) is 11.7 Å². The van der Waals surface area contributed by atoms with Gasteiger partial charge < -0.3 is 9.84 Å². The fourth-order valence-corrected chi connectivity index (χ4v) is 1.95. The van der Waals surface area contributed by atoms with Gasteiger partial charge >= 0.3 is 0 Å². The molecule has 1 heterocycles. The molecule has 0 fully saturated rings. The van der Waals surface area contributed by atoms with Crippen molar-refractivity contribution in [1.82, 2.24) is 10.1 Å². The SMILES string of the molecule is Cc1nc(-c2cccc(C(=O)Nc3ccc(F)cc3)c2)no1. The lowest BCUT2D eigenvalue weighted by molar-refractivity contribution is 0.102. The van der Waals surface area contributed by atoms with E-state index < -0.39 is 0 Å². The monoisotopic (exact) mass is 297 g/mol. The number of hydrogen-bond acceptors (Lipinski definition) is 4. The minimum atomic E-state index is -0.354. The molecule has 0 atom stereocenters. The Labute approximate surface area is 125 Å². The first-order chi connectivity index (χ1) is 10.6. The molecule has 1 amide bonds. The Morgan fingerprint density at radius 2 is 1.95 bits per heavy atom. The Morgan fingerprint density at radius 3 is 2.64 bits per heavy atom. The highest BCUT2D eigenvalue weighted by molar-refractivity contribution is 6.04. The number of carbonyl (C=O) groups excluding carboxylic acids is 1. The number of anilines is 1. The largest absolute Gasteiger partial charge is 0.339 e. The van der Waals surface area contributed by atoms with Crippen LogP contribution in [0.15, 0.2) is 53.1 Å². The van der Waals surface area contributed by atoms with Crippen LogP contribution in [0.5, 0.6) is 0 Å². The first-order valence-corrected chi connectivity index (χ1v) is 6.59. The molecule has 0 aliphatic rings. The van der Waals surface area contributed by atoms with Crippen LogP contribution in [-0.2, 0) is 0 Å². The lowest BCUT2D eigenvalue weighted by Gasteiger charge is -2.06. The van der Waals surface area contributed by atoms with Crippen molar-refractivity contribution in [2.75, 3.05) is 5.32 Å². The molecule has 3 aromatic rings. The lowest BCUT2D eigenvalue weighted by Crippen LogP contribution is -2.11. The molecule has 0 aliphatic carbocycles. The van der Waals surface area contributed by atoms with Crippen molar-refractivity contribution in [2.45, 2.75) is 6.92 Å². The molecular weight excluding hydrogens is 285 g/mol. The summed E-state index contributed by atoms with van der Waals surface area (Å²) in [7, 11) is 0. The van der Waals surface area contributed by atoms with E-state index >= 15 is 0 Å². The van der Waals surface area contributed by atoms with Crippen LogP contribution in [-0.4, -0.2) is 16.0 Å². The molecule has 0 unspecified atom stereocenters. The van der Waals surface area contributed by atoms with Crippen molar-refractivity contribution < 1.29 is 13.7 Å². The van der Waals surface area contributed by atoms with Gasteiger partial charge in [-0.15, -0.1) is 0 Å². The fraction of sp³-hybridized carbons (Fsp3) is 0.0625. The molecule has 0 bridgehead atoms. The smallest absolute Gasteiger partial charge is 0.255 e. The van der Waals surface area contributed by atoms with E-state index in [0.29, 0.717) is 28.5 Å². The van der Waals surface area contributed by atoms with Crippen molar-refractivity contribution >= 4 is 11.6 Å². The van der Waals surface area contributed by atoms with Crippen LogP contribution in [0.4, 0.5) is 10.1 Å². The number of aromatic nitrogens is 2. The summed E-state index contributed by atoms with van der Waals surface area (Å²) in [6.45, 7) is 1.70. The third-order valence-electron chi connectivity index (χ3n) is 3.01. The molecule has 22 heavy (non-hydrogen) atoms. The minimum Gasteiger partial charge on any atom is -0.339 e. The summed E-state index contributed by atoms with van der Waals surface area (Å²) < 4.78 is 17.8. The van der Waals surface area contributed by atoms with Gasteiger partial charge in [0, 0.05) is 23.7 Å². The molecule has 0 saturated heterocycles. The molecule has 6 heteroatoms. The topological polar surface area (TPSA) is 68.0 Å². The van der Waals surface area contributed by atoms with Gasteiger partial charge in [0.25, 0.3) is 5.91 Å². The van der Waals surface area contributed by atoms with Crippen molar-refractivity contribution in [3.8, 4) is 11.4 Å². The number of benzene rings is 2. The van der Waals surface area contributed by atoms with Gasteiger partial charge in [-0.3, -0.25) is 4.79 Å². The van der Waals surface area contributed by atoms with E-state index in [0.717, 1.165) is 0 Å². The zero-order valence-corrected chi connectivity index (χ0v) is 11.7. The highest BCUT2D eigenvalue weighted by Gasteiger charge is 2.10. The molecule has 110 valence electrons. The average Bonchev–Trinajstić information content (AvgIpc) is 2.96. The van der Waals surface area contributed by atoms with Gasteiger partial charge in [0.05, 0.1) is 0 Å². The predicted molar refractivity (Wildman–Crippen MR) is 78.8 cm³/mol. The molecule has 0 radical (unpaired) electrons. The van der Waals surface area contributed by atoms with Crippen molar-refractivity contribution in [3.05, 3.63) is 65.8 Å². The molecule has 2 aromatic carbocycles. The molecule has 1 aromatic heterocycles. The normalized spacial score (nSPS) is 10.5. The second-order valence-electron chi connectivity index (χ2n) is 4.68. The highest BCUT2D eigenvalue weighted by Crippen LogP contribution is 2.18. The Hall–Kier alpha value is -3.02. The maximum absolute atomic E-state index is 12.9. The summed E-state index contributed by atoms with van der Waals surface area (Å²) in [5.74, 6) is 0.228. The Bertz CT molecular complexity index is 812. The summed E-state index contributed by atoms with van der Waals surface area (Å²) in [5, 5.41) is 6.52. The van der Waals surface area contributed by atoms with Crippen LogP contribution in [0, 0.1) is 12.7 Å². The zero-order valence-electron chi connectivity index (χ0n) is 11.7. The number of amides is 1. The van der Waals surface area contributed by atoms with E-state index in [1.807, 2.05) is 0 Å². The van der Waals surface area contributed by atoms with E-state index in [1.54, 1.807) is 31.2 Å². The molecule has 0 aliphatic heterocycles. The van der Waals surface area contributed by atoms with Crippen LogP contribution in [0.25, 0.3) is 11.4 Å². The summed E-state index contributed by atoms with van der Waals surface area (Å²) in [6.07, 6.45) is 0. The summed E-state index contributed by atoms with van der Waals surface area (Å²) in [6, 6.07) is 12.4. The first-order valence-electron chi connectivity index (χ1n) is 6.59. The summed E-state index contributed by atoms with van der Waals surface area (Å²) in [5.41, 5.74) is 1.65. The van der Waals surface area contributed by atoms with Gasteiger partial charge in [0.15, 0.2) is 0 Å². The molecule has 0 saturated carbocycles. The van der Waals surface area contributed by atoms with Crippen molar-refractivity contribution in [3.63, 3.8) is 0 Å². The van der Waals surface area contributed by atoms with Crippen molar-refractivity contribution in [1.29, 1.82) is 0 Å². The number of nitrogens with one attached hydrogen (secondary N) is 1. The third kappa shape index (κ3) is 3.01. The molecule has 3 rings (SSSR count). The summed E-state index contributed by atoms with van der Waals surface area (Å²) >= 11 is 0. The van der Waals surface area contributed by atoms with Gasteiger partial charge in [0.1, 0.15) is 5.82 Å². The van der Waals surface area contributed by atoms with Crippen molar-refractivity contribution in [2.24, 2.45) is 0 Å².